The van der Waals surface area contributed by atoms with Crippen LogP contribution >= 0.6 is 0 Å². The van der Waals surface area contributed by atoms with Gasteiger partial charge in [-0.05, 0) is 50.6 Å². The van der Waals surface area contributed by atoms with Gasteiger partial charge in [-0.15, -0.1) is 4.83 Å². The van der Waals surface area contributed by atoms with E-state index in [4.69, 9.17) is 0 Å². The number of carbonyl (C=O) groups excluding carboxylic acids is 1. The van der Waals surface area contributed by atoms with Crippen molar-refractivity contribution >= 4 is 27.6 Å². The number of nitrogens with one attached hydrogen (secondary N) is 2. The van der Waals surface area contributed by atoms with Gasteiger partial charge in [0.15, 0.2) is 0 Å². The molecule has 1 saturated heterocycles. The van der Waals surface area contributed by atoms with Crippen molar-refractivity contribution in [2.45, 2.75) is 31.6 Å². The van der Waals surface area contributed by atoms with Gasteiger partial charge in [-0.1, -0.05) is 0 Å². The zero-order chi connectivity index (χ0) is 18.0. The van der Waals surface area contributed by atoms with Crippen LogP contribution in [-0.2, 0) is 14.8 Å². The van der Waals surface area contributed by atoms with Crippen LogP contribution in [0, 0.1) is 13.8 Å². The van der Waals surface area contributed by atoms with Crippen LogP contribution in [0.15, 0.2) is 35.2 Å². The zero-order valence-corrected chi connectivity index (χ0v) is 14.8. The SMILES string of the molecule is Cc1cc(C)nc(NNS(=O)(=O)c2ccc(N3CCCC3=O)cc2)n1. The largest absolute Gasteiger partial charge is 0.312 e. The highest BCUT2D eigenvalue weighted by Crippen LogP contribution is 2.22. The average molecular weight is 361 g/mol. The van der Waals surface area contributed by atoms with Gasteiger partial charge in [0.05, 0.1) is 4.90 Å². The molecule has 0 saturated carbocycles. The van der Waals surface area contributed by atoms with Crippen molar-refractivity contribution in [3.63, 3.8) is 0 Å². The Balaban J connectivity index is 1.72. The summed E-state index contributed by atoms with van der Waals surface area (Å²) in [5.41, 5.74) is 4.68. The maximum Gasteiger partial charge on any atom is 0.257 e. The minimum atomic E-state index is -3.78. The summed E-state index contributed by atoms with van der Waals surface area (Å²) in [6.45, 7) is 4.26. The summed E-state index contributed by atoms with van der Waals surface area (Å²) in [5.74, 6) is 0.239. The second kappa shape index (κ2) is 6.77. The van der Waals surface area contributed by atoms with E-state index in [-0.39, 0.29) is 16.8 Å². The van der Waals surface area contributed by atoms with Crippen molar-refractivity contribution in [2.75, 3.05) is 16.9 Å². The van der Waals surface area contributed by atoms with Gasteiger partial charge in [0.25, 0.3) is 10.0 Å². The van der Waals surface area contributed by atoms with Gasteiger partial charge in [0, 0.05) is 30.0 Å². The Morgan fingerprint density at radius 1 is 1.08 bits per heavy atom. The number of hydrazine groups is 1. The zero-order valence-electron chi connectivity index (χ0n) is 14.0. The summed E-state index contributed by atoms with van der Waals surface area (Å²) in [6, 6.07) is 7.98. The summed E-state index contributed by atoms with van der Waals surface area (Å²) in [6.07, 6.45) is 1.35. The fraction of sp³-hybridized carbons (Fsp3) is 0.312. The molecule has 3 rings (SSSR count). The molecule has 9 heteroatoms. The predicted molar refractivity (Wildman–Crippen MR) is 93.5 cm³/mol. The fourth-order valence-corrected chi connectivity index (χ4v) is 3.52. The van der Waals surface area contributed by atoms with Crippen LogP contribution in [-0.4, -0.2) is 30.8 Å². The van der Waals surface area contributed by atoms with Gasteiger partial charge < -0.3 is 4.90 Å². The van der Waals surface area contributed by atoms with Crippen molar-refractivity contribution in [3.8, 4) is 0 Å². The van der Waals surface area contributed by atoms with E-state index in [1.165, 1.54) is 12.1 Å². The van der Waals surface area contributed by atoms with Gasteiger partial charge in [-0.25, -0.2) is 18.4 Å². The van der Waals surface area contributed by atoms with Crippen molar-refractivity contribution in [3.05, 3.63) is 41.7 Å². The summed E-state index contributed by atoms with van der Waals surface area (Å²) >= 11 is 0. The van der Waals surface area contributed by atoms with Crippen LogP contribution in [0.1, 0.15) is 24.2 Å². The Hall–Kier alpha value is -2.52. The molecular formula is C16H19N5O3S. The van der Waals surface area contributed by atoms with E-state index in [2.05, 4.69) is 20.2 Å². The number of anilines is 2. The van der Waals surface area contributed by atoms with Crippen LogP contribution in [0.2, 0.25) is 0 Å². The summed E-state index contributed by atoms with van der Waals surface area (Å²) in [5, 5.41) is 0. The van der Waals surface area contributed by atoms with E-state index in [0.717, 1.165) is 17.8 Å². The number of hydrogen-bond donors (Lipinski definition) is 2. The number of rotatable bonds is 5. The molecule has 132 valence electrons. The third-order valence-electron chi connectivity index (χ3n) is 3.81. The molecule has 1 aliphatic rings. The smallest absolute Gasteiger partial charge is 0.257 e. The molecule has 0 unspecified atom stereocenters. The number of aryl methyl sites for hydroxylation is 2. The number of sulfonamides is 1. The summed E-state index contributed by atoms with van der Waals surface area (Å²) in [4.78, 5) is 24.0. The fourth-order valence-electron chi connectivity index (χ4n) is 2.68. The maximum absolute atomic E-state index is 12.4. The van der Waals surface area contributed by atoms with Crippen LogP contribution < -0.4 is 15.2 Å². The molecule has 0 bridgehead atoms. The predicted octanol–water partition coefficient (Wildman–Crippen LogP) is 1.53. The molecule has 0 atom stereocenters. The Bertz CT molecular complexity index is 876. The van der Waals surface area contributed by atoms with Crippen LogP contribution in [0.4, 0.5) is 11.6 Å². The van der Waals surface area contributed by atoms with E-state index in [0.29, 0.717) is 18.7 Å². The average Bonchev–Trinajstić information content (AvgIpc) is 2.98. The van der Waals surface area contributed by atoms with E-state index < -0.39 is 10.0 Å². The molecule has 2 heterocycles. The molecule has 2 aromatic rings. The van der Waals surface area contributed by atoms with E-state index in [9.17, 15) is 13.2 Å². The normalized spacial score (nSPS) is 14.8. The molecule has 25 heavy (non-hydrogen) atoms. The van der Waals surface area contributed by atoms with Crippen LogP contribution in [0.5, 0.6) is 0 Å². The quantitative estimate of drug-likeness (QED) is 0.783. The molecule has 1 amide bonds. The minimum Gasteiger partial charge on any atom is -0.312 e. The molecule has 1 aromatic carbocycles. The second-order valence-electron chi connectivity index (χ2n) is 5.85. The molecule has 8 nitrogen and oxygen atoms in total. The summed E-state index contributed by atoms with van der Waals surface area (Å²) < 4.78 is 24.7. The Morgan fingerprint density at radius 2 is 1.72 bits per heavy atom. The Kier molecular flexibility index (Phi) is 4.69. The Morgan fingerprint density at radius 3 is 2.28 bits per heavy atom. The maximum atomic E-state index is 12.4. The molecule has 1 aliphatic heterocycles. The van der Waals surface area contributed by atoms with Crippen molar-refractivity contribution < 1.29 is 13.2 Å². The summed E-state index contributed by atoms with van der Waals surface area (Å²) in [7, 11) is -3.78. The third kappa shape index (κ3) is 3.94. The first-order valence-electron chi connectivity index (χ1n) is 7.86. The first kappa shape index (κ1) is 17.3. The second-order valence-corrected chi connectivity index (χ2v) is 7.53. The molecule has 0 aliphatic carbocycles. The molecular weight excluding hydrogens is 342 g/mol. The highest BCUT2D eigenvalue weighted by molar-refractivity contribution is 7.89. The van der Waals surface area contributed by atoms with Gasteiger partial charge in [0.1, 0.15) is 0 Å². The lowest BCUT2D eigenvalue weighted by molar-refractivity contribution is -0.117. The Labute approximate surface area is 146 Å². The van der Waals surface area contributed by atoms with Crippen molar-refractivity contribution in [2.24, 2.45) is 0 Å². The minimum absolute atomic E-state index is 0.0577. The first-order chi connectivity index (χ1) is 11.8. The van der Waals surface area contributed by atoms with E-state index in [1.54, 1.807) is 36.9 Å². The van der Waals surface area contributed by atoms with E-state index >= 15 is 0 Å². The lowest BCUT2D eigenvalue weighted by atomic mass is 10.3. The molecule has 1 fully saturated rings. The van der Waals surface area contributed by atoms with Crippen LogP contribution in [0.25, 0.3) is 0 Å². The van der Waals surface area contributed by atoms with Gasteiger partial charge in [-0.3, -0.25) is 10.2 Å². The molecule has 0 spiro atoms. The highest BCUT2D eigenvalue weighted by atomic mass is 32.2. The number of aromatic nitrogens is 2. The topological polar surface area (TPSA) is 104 Å². The number of hydrogen-bond acceptors (Lipinski definition) is 6. The number of benzene rings is 1. The molecule has 2 N–H and O–H groups in total. The molecule has 0 radical (unpaired) electrons. The molecule has 1 aromatic heterocycles. The van der Waals surface area contributed by atoms with Gasteiger partial charge in [-0.2, -0.15) is 0 Å². The van der Waals surface area contributed by atoms with Crippen LogP contribution in [0.3, 0.4) is 0 Å². The van der Waals surface area contributed by atoms with Gasteiger partial charge in [0.2, 0.25) is 11.9 Å². The number of amides is 1. The number of nitrogens with zero attached hydrogens (tertiary/aromatic N) is 3. The number of carbonyl (C=O) groups is 1. The van der Waals surface area contributed by atoms with Crippen molar-refractivity contribution in [1.82, 2.24) is 14.8 Å². The first-order valence-corrected chi connectivity index (χ1v) is 9.34. The van der Waals surface area contributed by atoms with Crippen molar-refractivity contribution in [1.29, 1.82) is 0 Å². The third-order valence-corrected chi connectivity index (χ3v) is 5.08. The monoisotopic (exact) mass is 361 g/mol. The van der Waals surface area contributed by atoms with E-state index in [1.807, 2.05) is 0 Å². The standard InChI is InChI=1S/C16H19N5O3S/c1-11-10-12(2)18-16(17-11)19-20-25(23,24)14-7-5-13(6-8-14)21-9-3-4-15(21)22/h5-8,10,20H,3-4,9H2,1-2H3,(H,17,18,19). The van der Waals surface area contributed by atoms with Gasteiger partial charge >= 0.3 is 0 Å². The lowest BCUT2D eigenvalue weighted by Gasteiger charge is -2.16. The lowest BCUT2D eigenvalue weighted by Crippen LogP contribution is -2.30. The highest BCUT2D eigenvalue weighted by Gasteiger charge is 2.22.